The number of alkyl halides is 1. The maximum atomic E-state index is 10.4. The van der Waals surface area contributed by atoms with Gasteiger partial charge in [0.15, 0.2) is 0 Å². The first kappa shape index (κ1) is 5.89. The Balaban J connectivity index is 2.32. The quantitative estimate of drug-likeness (QED) is 0.515. The summed E-state index contributed by atoms with van der Waals surface area (Å²) in [5.41, 5.74) is 0. The average Bonchev–Trinajstić information content (AvgIpc) is 2.14. The molecule has 2 nitrogen and oxygen atoms in total. The minimum atomic E-state index is 0.135. The first-order chi connectivity index (χ1) is 3.83. The molecule has 1 aliphatic heterocycles. The van der Waals surface area contributed by atoms with Gasteiger partial charge in [-0.05, 0) is 5.92 Å². The van der Waals surface area contributed by atoms with Crippen molar-refractivity contribution >= 4 is 17.5 Å². The van der Waals surface area contributed by atoms with Crippen LogP contribution in [0.5, 0.6) is 0 Å². The van der Waals surface area contributed by atoms with E-state index in [0.29, 0.717) is 18.2 Å². The molecule has 1 atom stereocenters. The second-order valence-electron chi connectivity index (χ2n) is 2.03. The van der Waals surface area contributed by atoms with Gasteiger partial charge >= 0.3 is 0 Å². The summed E-state index contributed by atoms with van der Waals surface area (Å²) in [6.45, 7) is 0.766. The molecule has 1 rings (SSSR count). The number of rotatable bonds is 1. The third-order valence-electron chi connectivity index (χ3n) is 1.28. The summed E-state index contributed by atoms with van der Waals surface area (Å²) in [5, 5.41) is 2.70. The first-order valence-corrected chi connectivity index (χ1v) is 3.19. The minimum Gasteiger partial charge on any atom is -0.356 e. The van der Waals surface area contributed by atoms with Crippen molar-refractivity contribution in [2.75, 3.05) is 12.4 Å². The molecule has 0 saturated carbocycles. The maximum Gasteiger partial charge on any atom is 0.220 e. The van der Waals surface area contributed by atoms with Crippen LogP contribution in [0.1, 0.15) is 6.42 Å². The van der Waals surface area contributed by atoms with Crippen molar-refractivity contribution in [2.24, 2.45) is 5.92 Å². The molecule has 0 bridgehead atoms. The summed E-state index contributed by atoms with van der Waals surface area (Å²) < 4.78 is 0. The fraction of sp³-hybridized carbons (Fsp3) is 0.800. The molecule has 0 aromatic heterocycles. The summed E-state index contributed by atoms with van der Waals surface area (Å²) in [4.78, 5) is 10.4. The zero-order valence-corrected chi connectivity index (χ0v) is 5.24. The summed E-state index contributed by atoms with van der Waals surface area (Å²) in [6.07, 6.45) is 0.615. The highest BCUT2D eigenvalue weighted by molar-refractivity contribution is 6.18. The van der Waals surface area contributed by atoms with Crippen LogP contribution in [0, 0.1) is 5.92 Å². The molecule has 1 saturated heterocycles. The van der Waals surface area contributed by atoms with E-state index in [1.54, 1.807) is 0 Å². The predicted octanol–water partition coefficient (Wildman–Crippen LogP) is 0.361. The van der Waals surface area contributed by atoms with E-state index in [9.17, 15) is 4.79 Å². The molecule has 0 spiro atoms. The predicted molar refractivity (Wildman–Crippen MR) is 31.8 cm³/mol. The van der Waals surface area contributed by atoms with Crippen molar-refractivity contribution in [3.8, 4) is 0 Å². The molecule has 1 N–H and O–H groups in total. The van der Waals surface area contributed by atoms with Crippen molar-refractivity contribution in [3.63, 3.8) is 0 Å². The highest BCUT2D eigenvalue weighted by atomic mass is 35.5. The molecular weight excluding hydrogens is 126 g/mol. The van der Waals surface area contributed by atoms with Gasteiger partial charge < -0.3 is 5.32 Å². The molecule has 0 radical (unpaired) electrons. The van der Waals surface area contributed by atoms with Gasteiger partial charge in [0, 0.05) is 18.8 Å². The summed E-state index contributed by atoms with van der Waals surface area (Å²) >= 11 is 5.48. The van der Waals surface area contributed by atoms with E-state index >= 15 is 0 Å². The number of nitrogens with one attached hydrogen (secondary N) is 1. The monoisotopic (exact) mass is 133 g/mol. The highest BCUT2D eigenvalue weighted by Gasteiger charge is 2.19. The van der Waals surface area contributed by atoms with E-state index < -0.39 is 0 Å². The number of hydrogen-bond donors (Lipinski definition) is 1. The molecule has 1 amide bonds. The number of halogens is 1. The minimum absolute atomic E-state index is 0.135. The van der Waals surface area contributed by atoms with E-state index in [4.69, 9.17) is 11.6 Å². The van der Waals surface area contributed by atoms with Crippen molar-refractivity contribution < 1.29 is 4.79 Å². The van der Waals surface area contributed by atoms with Gasteiger partial charge in [-0.3, -0.25) is 4.79 Å². The Morgan fingerprint density at radius 2 is 2.62 bits per heavy atom. The van der Waals surface area contributed by atoms with E-state index in [1.807, 2.05) is 0 Å². The van der Waals surface area contributed by atoms with Crippen molar-refractivity contribution in [3.05, 3.63) is 0 Å². The molecule has 1 aliphatic rings. The van der Waals surface area contributed by atoms with Crippen LogP contribution in [0.25, 0.3) is 0 Å². The van der Waals surface area contributed by atoms with Gasteiger partial charge in [0.2, 0.25) is 5.91 Å². The van der Waals surface area contributed by atoms with E-state index in [2.05, 4.69) is 5.32 Å². The molecule has 0 aromatic rings. The molecule has 8 heavy (non-hydrogen) atoms. The molecule has 3 heteroatoms. The number of hydrogen-bond acceptors (Lipinski definition) is 1. The number of carbonyl (C=O) groups excluding carboxylic acids is 1. The highest BCUT2D eigenvalue weighted by Crippen LogP contribution is 2.09. The Labute approximate surface area is 53.2 Å². The Hall–Kier alpha value is -0.240. The van der Waals surface area contributed by atoms with Crippen LogP contribution in [-0.4, -0.2) is 18.3 Å². The van der Waals surface area contributed by atoms with Crippen LogP contribution < -0.4 is 5.32 Å². The second-order valence-corrected chi connectivity index (χ2v) is 2.34. The third-order valence-corrected chi connectivity index (χ3v) is 1.72. The van der Waals surface area contributed by atoms with Crippen LogP contribution in [0.3, 0.4) is 0 Å². The molecule has 1 fully saturated rings. The zero-order chi connectivity index (χ0) is 5.98. The van der Waals surface area contributed by atoms with Crippen LogP contribution in [0.15, 0.2) is 0 Å². The van der Waals surface area contributed by atoms with Gasteiger partial charge in [-0.1, -0.05) is 0 Å². The lowest BCUT2D eigenvalue weighted by Crippen LogP contribution is -2.14. The van der Waals surface area contributed by atoms with Crippen LogP contribution in [-0.2, 0) is 4.79 Å². The van der Waals surface area contributed by atoms with Crippen LogP contribution in [0.2, 0.25) is 0 Å². The SMILES string of the molecule is O=C1C[C@H](CCl)CN1. The zero-order valence-electron chi connectivity index (χ0n) is 4.48. The third kappa shape index (κ3) is 1.13. The fourth-order valence-corrected chi connectivity index (χ4v) is 0.992. The lowest BCUT2D eigenvalue weighted by atomic mass is 10.2. The van der Waals surface area contributed by atoms with Gasteiger partial charge in [0.1, 0.15) is 0 Å². The second kappa shape index (κ2) is 2.35. The van der Waals surface area contributed by atoms with Gasteiger partial charge in [-0.25, -0.2) is 0 Å². The normalized spacial score (nSPS) is 28.1. The van der Waals surface area contributed by atoms with Crippen molar-refractivity contribution in [1.29, 1.82) is 0 Å². The Bertz CT molecular complexity index is 105. The average molecular weight is 134 g/mol. The molecular formula is C5H8ClNO. The Morgan fingerprint density at radius 3 is 2.88 bits per heavy atom. The van der Waals surface area contributed by atoms with E-state index in [1.165, 1.54) is 0 Å². The largest absolute Gasteiger partial charge is 0.356 e. The van der Waals surface area contributed by atoms with Gasteiger partial charge in [-0.2, -0.15) is 0 Å². The molecule has 0 aliphatic carbocycles. The molecule has 0 unspecified atom stereocenters. The smallest absolute Gasteiger partial charge is 0.220 e. The van der Waals surface area contributed by atoms with Gasteiger partial charge in [0.25, 0.3) is 0 Å². The Morgan fingerprint density at radius 1 is 1.88 bits per heavy atom. The topological polar surface area (TPSA) is 29.1 Å². The van der Waals surface area contributed by atoms with E-state index in [-0.39, 0.29) is 5.91 Å². The lowest BCUT2D eigenvalue weighted by molar-refractivity contribution is -0.119. The fourth-order valence-electron chi connectivity index (χ4n) is 0.774. The standard InChI is InChI=1S/C5H8ClNO/c6-2-4-1-5(8)7-3-4/h4H,1-3H2,(H,7,8)/t4-/m1/s1. The van der Waals surface area contributed by atoms with Crippen molar-refractivity contribution in [2.45, 2.75) is 6.42 Å². The van der Waals surface area contributed by atoms with Crippen molar-refractivity contribution in [1.82, 2.24) is 5.32 Å². The lowest BCUT2D eigenvalue weighted by Gasteiger charge is -1.95. The van der Waals surface area contributed by atoms with Crippen LogP contribution in [0.4, 0.5) is 0 Å². The Kier molecular flexibility index (Phi) is 1.73. The molecule has 0 aromatic carbocycles. The van der Waals surface area contributed by atoms with Crippen LogP contribution >= 0.6 is 11.6 Å². The number of carbonyl (C=O) groups is 1. The van der Waals surface area contributed by atoms with Gasteiger partial charge in [-0.15, -0.1) is 11.6 Å². The summed E-state index contributed by atoms with van der Waals surface area (Å²) in [6, 6.07) is 0. The molecule has 1 heterocycles. The first-order valence-electron chi connectivity index (χ1n) is 2.65. The summed E-state index contributed by atoms with van der Waals surface area (Å²) in [7, 11) is 0. The summed E-state index contributed by atoms with van der Waals surface area (Å²) in [5.74, 6) is 1.11. The van der Waals surface area contributed by atoms with E-state index in [0.717, 1.165) is 6.54 Å². The maximum absolute atomic E-state index is 10.4. The van der Waals surface area contributed by atoms with Gasteiger partial charge in [0.05, 0.1) is 0 Å². The number of amides is 1. The molecule has 46 valence electrons.